The van der Waals surface area contributed by atoms with Crippen molar-refractivity contribution in [3.63, 3.8) is 0 Å². The van der Waals surface area contributed by atoms with Crippen molar-refractivity contribution < 1.29 is 9.53 Å². The maximum absolute atomic E-state index is 12.5. The van der Waals surface area contributed by atoms with Crippen LogP contribution in [0.5, 0.6) is 5.75 Å². The van der Waals surface area contributed by atoms with Crippen LogP contribution < -0.4 is 10.2 Å². The maximum atomic E-state index is 12.5. The van der Waals surface area contributed by atoms with Crippen molar-refractivity contribution in [2.75, 3.05) is 0 Å². The molecule has 148 valence electrons. The van der Waals surface area contributed by atoms with Crippen molar-refractivity contribution >= 4 is 34.5 Å². The van der Waals surface area contributed by atoms with Gasteiger partial charge in [-0.1, -0.05) is 66.2 Å². The fourth-order valence-electron chi connectivity index (χ4n) is 3.08. The molecule has 0 aliphatic heterocycles. The molecule has 4 aromatic rings. The number of fused-ring (bicyclic) bond motifs is 1. The number of carbonyl (C=O) groups excluding carboxylic acids is 1. The van der Waals surface area contributed by atoms with E-state index in [9.17, 15) is 4.79 Å². The summed E-state index contributed by atoms with van der Waals surface area (Å²) in [6.45, 7) is 0.397. The SMILES string of the molecule is O=C(N/N=C\c1ccc(OCc2ccccc2Cl)cc1)c1cccc2ccccc12. The van der Waals surface area contributed by atoms with Crippen LogP contribution in [-0.4, -0.2) is 12.1 Å². The van der Waals surface area contributed by atoms with Crippen molar-refractivity contribution in [1.29, 1.82) is 0 Å². The van der Waals surface area contributed by atoms with Gasteiger partial charge in [-0.05, 0) is 52.7 Å². The molecule has 5 heteroatoms. The predicted molar refractivity (Wildman–Crippen MR) is 121 cm³/mol. The van der Waals surface area contributed by atoms with Gasteiger partial charge in [-0.2, -0.15) is 5.10 Å². The number of hydrogen-bond donors (Lipinski definition) is 1. The zero-order valence-corrected chi connectivity index (χ0v) is 16.8. The van der Waals surface area contributed by atoms with Gasteiger partial charge in [0, 0.05) is 16.1 Å². The molecular formula is C25H19ClN2O2. The fourth-order valence-corrected chi connectivity index (χ4v) is 3.27. The normalized spacial score (nSPS) is 11.0. The van der Waals surface area contributed by atoms with Crippen molar-refractivity contribution in [3.05, 3.63) is 113 Å². The Morgan fingerprint density at radius 1 is 0.900 bits per heavy atom. The van der Waals surface area contributed by atoms with Gasteiger partial charge in [0.25, 0.3) is 5.91 Å². The molecule has 0 aliphatic rings. The second-order valence-electron chi connectivity index (χ2n) is 6.67. The first-order chi connectivity index (χ1) is 14.7. The zero-order chi connectivity index (χ0) is 20.8. The summed E-state index contributed by atoms with van der Waals surface area (Å²) in [4.78, 5) is 12.5. The first-order valence-electron chi connectivity index (χ1n) is 9.48. The summed E-state index contributed by atoms with van der Waals surface area (Å²) in [7, 11) is 0. The first-order valence-corrected chi connectivity index (χ1v) is 9.86. The molecule has 0 aliphatic carbocycles. The minimum atomic E-state index is -0.247. The van der Waals surface area contributed by atoms with E-state index in [-0.39, 0.29) is 5.91 Å². The number of rotatable bonds is 6. The molecule has 0 radical (unpaired) electrons. The molecule has 1 N–H and O–H groups in total. The van der Waals surface area contributed by atoms with Crippen molar-refractivity contribution in [2.24, 2.45) is 5.10 Å². The van der Waals surface area contributed by atoms with E-state index >= 15 is 0 Å². The molecule has 0 unspecified atom stereocenters. The molecule has 4 aromatic carbocycles. The van der Waals surface area contributed by atoms with Gasteiger partial charge in [0.2, 0.25) is 0 Å². The van der Waals surface area contributed by atoms with Gasteiger partial charge in [0.05, 0.1) is 6.21 Å². The van der Waals surface area contributed by atoms with E-state index in [2.05, 4.69) is 10.5 Å². The number of benzene rings is 4. The topological polar surface area (TPSA) is 50.7 Å². The summed E-state index contributed by atoms with van der Waals surface area (Å²) in [5.74, 6) is 0.481. The van der Waals surface area contributed by atoms with Crippen LogP contribution in [0.25, 0.3) is 10.8 Å². The van der Waals surface area contributed by atoms with E-state index < -0.39 is 0 Å². The minimum Gasteiger partial charge on any atom is -0.489 e. The molecule has 0 fully saturated rings. The highest BCUT2D eigenvalue weighted by molar-refractivity contribution is 6.31. The molecular weight excluding hydrogens is 396 g/mol. The van der Waals surface area contributed by atoms with E-state index in [0.29, 0.717) is 17.2 Å². The predicted octanol–water partition coefficient (Wildman–Crippen LogP) is 5.84. The van der Waals surface area contributed by atoms with Gasteiger partial charge in [0.15, 0.2) is 0 Å². The van der Waals surface area contributed by atoms with Crippen LogP contribution in [0.1, 0.15) is 21.5 Å². The summed E-state index contributed by atoms with van der Waals surface area (Å²) >= 11 is 6.14. The Balaban J connectivity index is 1.36. The molecule has 0 saturated carbocycles. The summed E-state index contributed by atoms with van der Waals surface area (Å²) in [6.07, 6.45) is 1.60. The number of halogens is 1. The monoisotopic (exact) mass is 414 g/mol. The van der Waals surface area contributed by atoms with Gasteiger partial charge >= 0.3 is 0 Å². The van der Waals surface area contributed by atoms with Crippen LogP contribution in [0.4, 0.5) is 0 Å². The third kappa shape index (κ3) is 4.67. The van der Waals surface area contributed by atoms with E-state index in [1.807, 2.05) is 84.9 Å². The van der Waals surface area contributed by atoms with Gasteiger partial charge in [-0.25, -0.2) is 5.43 Å². The summed E-state index contributed by atoms with van der Waals surface area (Å²) in [5, 5.41) is 6.67. The lowest BCUT2D eigenvalue weighted by Gasteiger charge is -2.08. The smallest absolute Gasteiger partial charge is 0.271 e. The Morgan fingerprint density at radius 3 is 2.47 bits per heavy atom. The lowest BCUT2D eigenvalue weighted by Crippen LogP contribution is -2.17. The fraction of sp³-hybridized carbons (Fsp3) is 0.0400. The van der Waals surface area contributed by atoms with Crippen LogP contribution >= 0.6 is 11.6 Å². The Labute approximate surface area is 179 Å². The average Bonchev–Trinajstić information content (AvgIpc) is 2.79. The molecule has 30 heavy (non-hydrogen) atoms. The molecule has 1 amide bonds. The highest BCUT2D eigenvalue weighted by atomic mass is 35.5. The summed E-state index contributed by atoms with van der Waals surface area (Å²) in [6, 6.07) is 28.4. The molecule has 4 nitrogen and oxygen atoms in total. The Bertz CT molecular complexity index is 1200. The largest absolute Gasteiger partial charge is 0.489 e. The second-order valence-corrected chi connectivity index (χ2v) is 7.08. The molecule has 0 aromatic heterocycles. The summed E-state index contributed by atoms with van der Waals surface area (Å²) < 4.78 is 5.77. The average molecular weight is 415 g/mol. The highest BCUT2D eigenvalue weighted by Gasteiger charge is 2.08. The van der Waals surface area contributed by atoms with Gasteiger partial charge in [0.1, 0.15) is 12.4 Å². The Kier molecular flexibility index (Phi) is 6.06. The molecule has 0 heterocycles. The molecule has 0 spiro atoms. The lowest BCUT2D eigenvalue weighted by molar-refractivity contribution is 0.0957. The highest BCUT2D eigenvalue weighted by Crippen LogP contribution is 2.19. The number of nitrogens with zero attached hydrogens (tertiary/aromatic N) is 1. The third-order valence-electron chi connectivity index (χ3n) is 4.65. The number of hydrazone groups is 1. The van der Waals surface area contributed by atoms with Crippen molar-refractivity contribution in [1.82, 2.24) is 5.43 Å². The number of amides is 1. The molecule has 4 rings (SSSR count). The van der Waals surface area contributed by atoms with Crippen LogP contribution in [-0.2, 0) is 6.61 Å². The van der Waals surface area contributed by atoms with Crippen molar-refractivity contribution in [2.45, 2.75) is 6.61 Å². The van der Waals surface area contributed by atoms with E-state index in [0.717, 1.165) is 27.6 Å². The quantitative estimate of drug-likeness (QED) is 0.318. The zero-order valence-electron chi connectivity index (χ0n) is 16.1. The van der Waals surface area contributed by atoms with Crippen LogP contribution in [0.15, 0.2) is 96.1 Å². The van der Waals surface area contributed by atoms with E-state index in [1.165, 1.54) is 0 Å². The lowest BCUT2D eigenvalue weighted by atomic mass is 10.0. The van der Waals surface area contributed by atoms with Gasteiger partial charge in [-0.3, -0.25) is 4.79 Å². The Hall–Kier alpha value is -3.63. The van der Waals surface area contributed by atoms with E-state index in [4.69, 9.17) is 16.3 Å². The van der Waals surface area contributed by atoms with Crippen LogP contribution in [0.3, 0.4) is 0 Å². The molecule has 0 atom stereocenters. The van der Waals surface area contributed by atoms with E-state index in [1.54, 1.807) is 12.3 Å². The molecule has 0 saturated heterocycles. The number of carbonyl (C=O) groups is 1. The first kappa shape index (κ1) is 19.7. The Morgan fingerprint density at radius 2 is 1.63 bits per heavy atom. The van der Waals surface area contributed by atoms with Crippen molar-refractivity contribution in [3.8, 4) is 5.75 Å². The number of nitrogens with one attached hydrogen (secondary N) is 1. The van der Waals surface area contributed by atoms with Crippen LogP contribution in [0, 0.1) is 0 Å². The number of ether oxygens (including phenoxy) is 1. The third-order valence-corrected chi connectivity index (χ3v) is 5.01. The molecule has 0 bridgehead atoms. The maximum Gasteiger partial charge on any atom is 0.271 e. The minimum absolute atomic E-state index is 0.247. The van der Waals surface area contributed by atoms with Crippen LogP contribution in [0.2, 0.25) is 5.02 Å². The number of hydrogen-bond acceptors (Lipinski definition) is 3. The standard InChI is InChI=1S/C25H19ClN2O2/c26-24-11-4-2-7-20(24)17-30-21-14-12-18(13-15-21)16-27-28-25(29)23-10-5-8-19-6-1-3-9-22(19)23/h1-16H,17H2,(H,28,29)/b27-16-. The summed E-state index contributed by atoms with van der Waals surface area (Å²) in [5.41, 5.74) is 4.96. The second kappa shape index (κ2) is 9.25. The van der Waals surface area contributed by atoms with Gasteiger partial charge in [-0.15, -0.1) is 0 Å². The van der Waals surface area contributed by atoms with Gasteiger partial charge < -0.3 is 4.74 Å².